The van der Waals surface area contributed by atoms with E-state index in [0.717, 1.165) is 12.1 Å². The first-order valence-electron chi connectivity index (χ1n) is 6.04. The fourth-order valence-electron chi connectivity index (χ4n) is 1.64. The zero-order valence-electron chi connectivity index (χ0n) is 11.1. The van der Waals surface area contributed by atoms with E-state index in [4.69, 9.17) is 9.52 Å². The molecule has 0 aliphatic carbocycles. The summed E-state index contributed by atoms with van der Waals surface area (Å²) in [6.45, 7) is 1.70. The molecule has 2 aromatic rings. The van der Waals surface area contributed by atoms with Gasteiger partial charge in [0.15, 0.2) is 5.76 Å². The van der Waals surface area contributed by atoms with E-state index < -0.39 is 17.7 Å². The largest absolute Gasteiger partial charge is 0.478 e. The van der Waals surface area contributed by atoms with E-state index in [1.807, 2.05) is 0 Å². The average Bonchev–Trinajstić information content (AvgIpc) is 2.86. The lowest BCUT2D eigenvalue weighted by Gasteiger charge is -2.05. The number of benzene rings is 1. The van der Waals surface area contributed by atoms with Crippen LogP contribution < -0.4 is 5.32 Å². The van der Waals surface area contributed by atoms with Crippen LogP contribution in [0.4, 0.5) is 10.1 Å². The molecule has 1 heterocycles. The Kier molecular flexibility index (Phi) is 4.18. The van der Waals surface area contributed by atoms with Gasteiger partial charge < -0.3 is 14.8 Å². The molecule has 1 aromatic carbocycles. The van der Waals surface area contributed by atoms with Gasteiger partial charge >= 0.3 is 5.97 Å². The lowest BCUT2D eigenvalue weighted by atomic mass is 10.2. The van der Waals surface area contributed by atoms with Gasteiger partial charge in [-0.3, -0.25) is 4.79 Å². The topological polar surface area (TPSA) is 79.5 Å². The van der Waals surface area contributed by atoms with E-state index in [9.17, 15) is 14.0 Å². The highest BCUT2D eigenvalue weighted by Crippen LogP contribution is 2.18. The third kappa shape index (κ3) is 3.79. The van der Waals surface area contributed by atoms with Gasteiger partial charge in [0.05, 0.1) is 5.69 Å². The Labute approximate surface area is 119 Å². The summed E-state index contributed by atoms with van der Waals surface area (Å²) in [5.74, 6) is -1.69. The number of hydrogen-bond donors (Lipinski definition) is 2. The standard InChI is InChI=1S/C15H12FNO4/c1-9-2-6-13(21-9)15(20)17-12-5-3-10(8-11(12)16)4-7-14(18)19/h2-8H,1H3,(H,17,20)(H,18,19). The van der Waals surface area contributed by atoms with Crippen LogP contribution in [0, 0.1) is 12.7 Å². The molecule has 0 saturated heterocycles. The summed E-state index contributed by atoms with van der Waals surface area (Å²) >= 11 is 0. The van der Waals surface area contributed by atoms with Crippen LogP contribution in [-0.4, -0.2) is 17.0 Å². The van der Waals surface area contributed by atoms with Gasteiger partial charge in [0.1, 0.15) is 11.6 Å². The zero-order valence-corrected chi connectivity index (χ0v) is 11.1. The number of amides is 1. The molecule has 21 heavy (non-hydrogen) atoms. The average molecular weight is 289 g/mol. The molecule has 108 valence electrons. The Morgan fingerprint density at radius 2 is 2.05 bits per heavy atom. The second kappa shape index (κ2) is 6.04. The van der Waals surface area contributed by atoms with Gasteiger partial charge in [0.2, 0.25) is 0 Å². The minimum atomic E-state index is -1.12. The summed E-state index contributed by atoms with van der Waals surface area (Å²) in [5, 5.41) is 10.9. The second-order valence-corrected chi connectivity index (χ2v) is 4.28. The molecule has 2 rings (SSSR count). The van der Waals surface area contributed by atoms with Crippen LogP contribution in [0.1, 0.15) is 21.9 Å². The first kappa shape index (κ1) is 14.5. The van der Waals surface area contributed by atoms with Crippen molar-refractivity contribution in [1.29, 1.82) is 0 Å². The van der Waals surface area contributed by atoms with Crippen LogP contribution in [0.5, 0.6) is 0 Å². The normalized spacial score (nSPS) is 10.8. The Morgan fingerprint density at radius 1 is 1.29 bits per heavy atom. The molecule has 0 aliphatic rings. The van der Waals surface area contributed by atoms with Gasteiger partial charge in [0, 0.05) is 6.08 Å². The number of aryl methyl sites for hydroxylation is 1. The molecular formula is C15H12FNO4. The minimum absolute atomic E-state index is 0.0125. The molecule has 5 nitrogen and oxygen atoms in total. The number of rotatable bonds is 4. The molecule has 0 spiro atoms. The predicted octanol–water partition coefficient (Wildman–Crippen LogP) is 3.08. The molecule has 1 amide bonds. The van der Waals surface area contributed by atoms with Crippen LogP contribution in [0.2, 0.25) is 0 Å². The molecule has 0 radical (unpaired) electrons. The number of furan rings is 1. The molecule has 1 aromatic heterocycles. The predicted molar refractivity (Wildman–Crippen MR) is 74.5 cm³/mol. The maximum atomic E-state index is 13.8. The van der Waals surface area contributed by atoms with Crippen LogP contribution in [0.15, 0.2) is 40.8 Å². The molecule has 2 N–H and O–H groups in total. The van der Waals surface area contributed by atoms with E-state index >= 15 is 0 Å². The van der Waals surface area contributed by atoms with E-state index in [2.05, 4.69) is 5.32 Å². The third-order valence-corrected chi connectivity index (χ3v) is 2.62. The van der Waals surface area contributed by atoms with Crippen LogP contribution in [0.25, 0.3) is 6.08 Å². The number of carbonyl (C=O) groups excluding carboxylic acids is 1. The Morgan fingerprint density at radius 3 is 2.62 bits per heavy atom. The summed E-state index contributed by atoms with van der Waals surface area (Å²) in [6.07, 6.45) is 2.16. The monoisotopic (exact) mass is 289 g/mol. The zero-order chi connectivity index (χ0) is 15.4. The molecule has 0 atom stereocenters. The van der Waals surface area contributed by atoms with Gasteiger partial charge in [-0.2, -0.15) is 0 Å². The summed E-state index contributed by atoms with van der Waals surface area (Å²) < 4.78 is 19.0. The molecule has 0 aliphatic heterocycles. The highest BCUT2D eigenvalue weighted by molar-refractivity contribution is 6.02. The highest BCUT2D eigenvalue weighted by atomic mass is 19.1. The van der Waals surface area contributed by atoms with Crippen molar-refractivity contribution >= 4 is 23.6 Å². The summed E-state index contributed by atoms with van der Waals surface area (Å²) in [7, 11) is 0. The second-order valence-electron chi connectivity index (χ2n) is 4.28. The van der Waals surface area contributed by atoms with Crippen molar-refractivity contribution < 1.29 is 23.5 Å². The maximum Gasteiger partial charge on any atom is 0.328 e. The van der Waals surface area contributed by atoms with Crippen LogP contribution >= 0.6 is 0 Å². The van der Waals surface area contributed by atoms with Crippen molar-refractivity contribution in [2.45, 2.75) is 6.92 Å². The number of nitrogens with one attached hydrogen (secondary N) is 1. The van der Waals surface area contributed by atoms with Crippen LogP contribution in [0.3, 0.4) is 0 Å². The Bertz CT molecular complexity index is 718. The number of hydrogen-bond acceptors (Lipinski definition) is 3. The lowest BCUT2D eigenvalue weighted by molar-refractivity contribution is -0.131. The number of aliphatic carboxylic acids is 1. The van der Waals surface area contributed by atoms with E-state index in [1.54, 1.807) is 13.0 Å². The van der Waals surface area contributed by atoms with Crippen molar-refractivity contribution in [1.82, 2.24) is 0 Å². The van der Waals surface area contributed by atoms with E-state index in [0.29, 0.717) is 11.3 Å². The van der Waals surface area contributed by atoms with Crippen molar-refractivity contribution in [3.05, 3.63) is 59.3 Å². The molecule has 6 heteroatoms. The van der Waals surface area contributed by atoms with Crippen molar-refractivity contribution in [3.63, 3.8) is 0 Å². The van der Waals surface area contributed by atoms with E-state index in [1.165, 1.54) is 24.3 Å². The van der Waals surface area contributed by atoms with Gasteiger partial charge in [0.25, 0.3) is 5.91 Å². The number of carbonyl (C=O) groups is 2. The van der Waals surface area contributed by atoms with Crippen LogP contribution in [-0.2, 0) is 4.79 Å². The molecule has 0 unspecified atom stereocenters. The van der Waals surface area contributed by atoms with Crippen molar-refractivity contribution in [2.24, 2.45) is 0 Å². The quantitative estimate of drug-likeness (QED) is 0.848. The lowest BCUT2D eigenvalue weighted by Crippen LogP contribution is -2.12. The third-order valence-electron chi connectivity index (χ3n) is 2.62. The highest BCUT2D eigenvalue weighted by Gasteiger charge is 2.12. The summed E-state index contributed by atoms with van der Waals surface area (Å²) in [4.78, 5) is 22.2. The fraction of sp³-hybridized carbons (Fsp3) is 0.0667. The van der Waals surface area contributed by atoms with Crippen molar-refractivity contribution in [3.8, 4) is 0 Å². The molecule has 0 bridgehead atoms. The summed E-state index contributed by atoms with van der Waals surface area (Å²) in [5.41, 5.74) is 0.364. The molecular weight excluding hydrogens is 277 g/mol. The number of anilines is 1. The minimum Gasteiger partial charge on any atom is -0.478 e. The number of carboxylic acid groups (broad SMARTS) is 1. The summed E-state index contributed by atoms with van der Waals surface area (Å²) in [6, 6.07) is 7.09. The fourth-order valence-corrected chi connectivity index (χ4v) is 1.64. The smallest absolute Gasteiger partial charge is 0.328 e. The van der Waals surface area contributed by atoms with Crippen molar-refractivity contribution in [2.75, 3.05) is 5.32 Å². The van der Waals surface area contributed by atoms with E-state index in [-0.39, 0.29) is 11.4 Å². The van der Waals surface area contributed by atoms with Gasteiger partial charge in [-0.1, -0.05) is 6.07 Å². The maximum absolute atomic E-state index is 13.8. The first-order chi connectivity index (χ1) is 9.95. The SMILES string of the molecule is Cc1ccc(C(=O)Nc2ccc(C=CC(=O)O)cc2F)o1. The number of halogens is 1. The van der Waals surface area contributed by atoms with Gasteiger partial charge in [-0.15, -0.1) is 0 Å². The first-order valence-corrected chi connectivity index (χ1v) is 6.04. The van der Waals surface area contributed by atoms with Gasteiger partial charge in [-0.05, 0) is 42.8 Å². The van der Waals surface area contributed by atoms with Gasteiger partial charge in [-0.25, -0.2) is 9.18 Å². The Hall–Kier alpha value is -2.89. The number of carboxylic acids is 1. The molecule has 0 fully saturated rings. The Balaban J connectivity index is 2.14. The molecule has 0 saturated carbocycles.